The SMILES string of the molecule is COCCCNC(=S)NC1C[C@H]2CCC[C@H](C1)[NH+]2Cc1ccco1. The predicted octanol–water partition coefficient (Wildman–Crippen LogP) is 1.25. The van der Waals surface area contributed by atoms with Gasteiger partial charge in [-0.05, 0) is 50.0 Å². The van der Waals surface area contributed by atoms with Crippen LogP contribution in [0.15, 0.2) is 22.8 Å². The molecular formula is C18H30N3O2S+. The Hall–Kier alpha value is -1.11. The van der Waals surface area contributed by atoms with Gasteiger partial charge in [-0.1, -0.05) is 0 Å². The van der Waals surface area contributed by atoms with Crippen LogP contribution >= 0.6 is 12.2 Å². The van der Waals surface area contributed by atoms with Gasteiger partial charge in [0.2, 0.25) is 0 Å². The maximum absolute atomic E-state index is 5.58. The third-order valence-electron chi connectivity index (χ3n) is 5.40. The fourth-order valence-corrected chi connectivity index (χ4v) is 4.58. The van der Waals surface area contributed by atoms with Crippen molar-refractivity contribution in [3.63, 3.8) is 0 Å². The fraction of sp³-hybridized carbons (Fsp3) is 0.722. The highest BCUT2D eigenvalue weighted by atomic mass is 32.1. The van der Waals surface area contributed by atoms with Crippen molar-refractivity contribution >= 4 is 17.3 Å². The van der Waals surface area contributed by atoms with E-state index in [9.17, 15) is 0 Å². The molecule has 0 radical (unpaired) electrons. The lowest BCUT2D eigenvalue weighted by Crippen LogP contribution is -3.20. The van der Waals surface area contributed by atoms with Gasteiger partial charge in [0.25, 0.3) is 0 Å². The molecule has 3 rings (SSSR count). The third kappa shape index (κ3) is 4.71. The summed E-state index contributed by atoms with van der Waals surface area (Å²) in [5.41, 5.74) is 0. The maximum atomic E-state index is 5.58. The molecule has 5 nitrogen and oxygen atoms in total. The molecule has 3 N–H and O–H groups in total. The van der Waals surface area contributed by atoms with E-state index in [1.54, 1.807) is 18.3 Å². The molecule has 0 amide bonds. The van der Waals surface area contributed by atoms with Gasteiger partial charge >= 0.3 is 0 Å². The molecule has 2 saturated heterocycles. The van der Waals surface area contributed by atoms with Crippen molar-refractivity contribution < 1.29 is 14.1 Å². The molecule has 1 aromatic heterocycles. The van der Waals surface area contributed by atoms with E-state index < -0.39 is 0 Å². The van der Waals surface area contributed by atoms with Crippen LogP contribution in [0.5, 0.6) is 0 Å². The Bertz CT molecular complexity index is 494. The number of piperidine rings is 2. The molecule has 134 valence electrons. The second-order valence-electron chi connectivity index (χ2n) is 7.07. The lowest BCUT2D eigenvalue weighted by Gasteiger charge is -2.45. The monoisotopic (exact) mass is 352 g/mol. The Balaban J connectivity index is 1.48. The first kappa shape index (κ1) is 17.7. The van der Waals surface area contributed by atoms with E-state index in [1.165, 1.54) is 32.1 Å². The second-order valence-corrected chi connectivity index (χ2v) is 7.48. The first-order valence-electron chi connectivity index (χ1n) is 9.17. The average molecular weight is 353 g/mol. The molecule has 0 saturated carbocycles. The van der Waals surface area contributed by atoms with E-state index in [4.69, 9.17) is 21.4 Å². The molecule has 0 aromatic carbocycles. The number of thiocarbonyl (C=S) groups is 1. The van der Waals surface area contributed by atoms with Crippen LogP contribution in [0.4, 0.5) is 0 Å². The molecule has 1 aromatic rings. The van der Waals surface area contributed by atoms with Crippen LogP contribution < -0.4 is 15.5 Å². The van der Waals surface area contributed by atoms with Crippen LogP contribution in [0.2, 0.25) is 0 Å². The number of methoxy groups -OCH3 is 1. The summed E-state index contributed by atoms with van der Waals surface area (Å²) < 4.78 is 10.6. The minimum absolute atomic E-state index is 0.503. The smallest absolute Gasteiger partial charge is 0.166 e. The predicted molar refractivity (Wildman–Crippen MR) is 98.1 cm³/mol. The normalized spacial score (nSPS) is 29.2. The Kier molecular flexibility index (Phi) is 6.51. The maximum Gasteiger partial charge on any atom is 0.166 e. The van der Waals surface area contributed by atoms with E-state index in [0.717, 1.165) is 49.1 Å². The van der Waals surface area contributed by atoms with E-state index in [0.29, 0.717) is 6.04 Å². The van der Waals surface area contributed by atoms with E-state index in [2.05, 4.69) is 16.7 Å². The number of ether oxygens (including phenoxy) is 1. The highest BCUT2D eigenvalue weighted by molar-refractivity contribution is 7.80. The number of nitrogens with one attached hydrogen (secondary N) is 3. The third-order valence-corrected chi connectivity index (χ3v) is 5.66. The van der Waals surface area contributed by atoms with E-state index >= 15 is 0 Å². The Morgan fingerprint density at radius 2 is 2.17 bits per heavy atom. The Morgan fingerprint density at radius 3 is 2.83 bits per heavy atom. The minimum Gasteiger partial charge on any atom is -0.463 e. The topological polar surface area (TPSA) is 50.9 Å². The molecule has 0 spiro atoms. The van der Waals surface area contributed by atoms with Crippen molar-refractivity contribution in [2.24, 2.45) is 0 Å². The summed E-state index contributed by atoms with van der Waals surface area (Å²) in [5, 5.41) is 7.64. The van der Waals surface area contributed by atoms with Crippen LogP contribution in [-0.4, -0.2) is 43.5 Å². The molecule has 0 unspecified atom stereocenters. The number of rotatable bonds is 7. The zero-order chi connectivity index (χ0) is 16.8. The van der Waals surface area contributed by atoms with Gasteiger partial charge in [0.1, 0.15) is 6.54 Å². The quantitative estimate of drug-likeness (QED) is 0.509. The summed E-state index contributed by atoms with van der Waals surface area (Å²) in [6.07, 6.45) is 9.17. The van der Waals surface area contributed by atoms with Crippen molar-refractivity contribution in [1.29, 1.82) is 0 Å². The van der Waals surface area contributed by atoms with E-state index in [1.807, 2.05) is 6.07 Å². The van der Waals surface area contributed by atoms with Gasteiger partial charge in [-0.25, -0.2) is 0 Å². The van der Waals surface area contributed by atoms with Crippen molar-refractivity contribution in [2.75, 3.05) is 20.3 Å². The van der Waals surface area contributed by atoms with Crippen LogP contribution in [0, 0.1) is 0 Å². The van der Waals surface area contributed by atoms with E-state index in [-0.39, 0.29) is 0 Å². The molecule has 24 heavy (non-hydrogen) atoms. The lowest BCUT2D eigenvalue weighted by molar-refractivity contribution is -0.974. The molecule has 2 aliphatic heterocycles. The first-order chi connectivity index (χ1) is 11.8. The standard InChI is InChI=1S/C18H29N3O2S/c1-22-9-4-8-19-18(24)20-14-11-15-5-2-6-16(12-14)21(15)13-17-7-3-10-23-17/h3,7,10,14-16H,2,4-6,8-9,11-13H2,1H3,(H2,19,20,24)/p+1/t15-,16-/m1/s1. The zero-order valence-corrected chi connectivity index (χ0v) is 15.4. The van der Waals surface area contributed by atoms with Crippen LogP contribution in [0.25, 0.3) is 0 Å². The van der Waals surface area contributed by atoms with Crippen molar-refractivity contribution in [2.45, 2.75) is 63.2 Å². The summed E-state index contributed by atoms with van der Waals surface area (Å²) >= 11 is 5.45. The van der Waals surface area contributed by atoms with Crippen LogP contribution in [0.1, 0.15) is 44.3 Å². The highest BCUT2D eigenvalue weighted by Crippen LogP contribution is 2.22. The Labute approximate surface area is 150 Å². The Morgan fingerprint density at radius 1 is 1.38 bits per heavy atom. The zero-order valence-electron chi connectivity index (χ0n) is 14.6. The van der Waals surface area contributed by atoms with Gasteiger partial charge in [0, 0.05) is 39.1 Å². The van der Waals surface area contributed by atoms with Crippen molar-refractivity contribution in [1.82, 2.24) is 10.6 Å². The molecular weight excluding hydrogens is 322 g/mol. The summed E-state index contributed by atoms with van der Waals surface area (Å²) in [6, 6.07) is 6.04. The van der Waals surface area contributed by atoms with Gasteiger partial charge in [0.05, 0.1) is 18.3 Å². The van der Waals surface area contributed by atoms with Gasteiger partial charge < -0.3 is 24.7 Å². The number of quaternary nitrogens is 1. The van der Waals surface area contributed by atoms with Gasteiger partial charge in [-0.15, -0.1) is 0 Å². The summed E-state index contributed by atoms with van der Waals surface area (Å²) in [6.45, 7) is 2.66. The number of hydrogen-bond acceptors (Lipinski definition) is 3. The van der Waals surface area contributed by atoms with Gasteiger partial charge in [-0.3, -0.25) is 0 Å². The molecule has 2 fully saturated rings. The molecule has 2 atom stereocenters. The van der Waals surface area contributed by atoms with Gasteiger partial charge in [-0.2, -0.15) is 0 Å². The van der Waals surface area contributed by atoms with Gasteiger partial charge in [0.15, 0.2) is 10.9 Å². The van der Waals surface area contributed by atoms with Crippen LogP contribution in [-0.2, 0) is 11.3 Å². The fourth-order valence-electron chi connectivity index (χ4n) is 4.31. The molecule has 0 aliphatic carbocycles. The number of fused-ring (bicyclic) bond motifs is 2. The van der Waals surface area contributed by atoms with Crippen molar-refractivity contribution in [3.05, 3.63) is 24.2 Å². The highest BCUT2D eigenvalue weighted by Gasteiger charge is 2.42. The van der Waals surface area contributed by atoms with Crippen molar-refractivity contribution in [3.8, 4) is 0 Å². The molecule has 2 bridgehead atoms. The summed E-state index contributed by atoms with van der Waals surface area (Å²) in [5.74, 6) is 1.11. The second kappa shape index (κ2) is 8.83. The lowest BCUT2D eigenvalue weighted by atomic mass is 9.81. The largest absolute Gasteiger partial charge is 0.463 e. The van der Waals surface area contributed by atoms with Crippen LogP contribution in [0.3, 0.4) is 0 Å². The number of furan rings is 1. The molecule has 6 heteroatoms. The molecule has 3 heterocycles. The summed E-state index contributed by atoms with van der Waals surface area (Å²) in [4.78, 5) is 1.72. The number of hydrogen-bond donors (Lipinski definition) is 3. The molecule has 2 aliphatic rings. The average Bonchev–Trinajstić information content (AvgIpc) is 3.05. The first-order valence-corrected chi connectivity index (χ1v) is 9.58. The minimum atomic E-state index is 0.503. The summed E-state index contributed by atoms with van der Waals surface area (Å²) in [7, 11) is 1.73.